The summed E-state index contributed by atoms with van der Waals surface area (Å²) in [7, 11) is 2.09. The van der Waals surface area contributed by atoms with Crippen molar-refractivity contribution in [3.8, 4) is 0 Å². The SMILES string of the molecule is CN1CCN(CC(=O)CCN2C(=O)C(=Cc3ccccc3Cl)SC2=S)CC1. The highest BCUT2D eigenvalue weighted by Crippen LogP contribution is 2.33. The van der Waals surface area contributed by atoms with Crippen LogP contribution in [-0.2, 0) is 9.59 Å². The van der Waals surface area contributed by atoms with Crippen LogP contribution in [0.1, 0.15) is 12.0 Å². The van der Waals surface area contributed by atoms with E-state index in [0.717, 1.165) is 31.7 Å². The number of benzene rings is 1. The molecule has 1 aromatic rings. The normalized spacial score (nSPS) is 20.7. The van der Waals surface area contributed by atoms with Crippen molar-refractivity contribution in [2.24, 2.45) is 0 Å². The number of carbonyl (C=O) groups is 2. The van der Waals surface area contributed by atoms with Gasteiger partial charge in [-0.05, 0) is 24.8 Å². The maximum absolute atomic E-state index is 12.6. The number of piperazine rings is 1. The first kappa shape index (κ1) is 20.5. The zero-order valence-corrected chi connectivity index (χ0v) is 17.6. The van der Waals surface area contributed by atoms with Crippen LogP contribution in [0.5, 0.6) is 0 Å². The Morgan fingerprint density at radius 2 is 1.96 bits per heavy atom. The number of halogens is 1. The Morgan fingerprint density at radius 1 is 1.26 bits per heavy atom. The fourth-order valence-corrected chi connectivity index (χ4v) is 4.49. The second kappa shape index (κ2) is 9.30. The van der Waals surface area contributed by atoms with E-state index in [-0.39, 0.29) is 11.7 Å². The van der Waals surface area contributed by atoms with Gasteiger partial charge in [-0.2, -0.15) is 0 Å². The van der Waals surface area contributed by atoms with E-state index in [4.69, 9.17) is 23.8 Å². The van der Waals surface area contributed by atoms with Gasteiger partial charge in [0, 0.05) is 44.2 Å². The molecular weight excluding hydrogens is 402 g/mol. The second-order valence-electron chi connectivity index (χ2n) is 6.72. The third-order valence-corrected chi connectivity index (χ3v) is 6.40. The number of carbonyl (C=O) groups excluding carboxylic acids is 2. The number of likely N-dealkylation sites (N-methyl/N-ethyl adjacent to an activating group) is 1. The average molecular weight is 424 g/mol. The fraction of sp³-hybridized carbons (Fsp3) is 0.421. The van der Waals surface area contributed by atoms with Crippen molar-refractivity contribution in [3.05, 3.63) is 39.8 Å². The molecule has 1 aromatic carbocycles. The molecule has 0 spiro atoms. The molecule has 0 aromatic heterocycles. The van der Waals surface area contributed by atoms with Gasteiger partial charge in [0.2, 0.25) is 0 Å². The number of thiocarbonyl (C=S) groups is 1. The van der Waals surface area contributed by atoms with Crippen LogP contribution in [0.25, 0.3) is 6.08 Å². The topological polar surface area (TPSA) is 43.9 Å². The van der Waals surface area contributed by atoms with E-state index in [1.807, 2.05) is 18.2 Å². The highest BCUT2D eigenvalue weighted by Gasteiger charge is 2.32. The van der Waals surface area contributed by atoms with Crippen molar-refractivity contribution in [1.82, 2.24) is 14.7 Å². The van der Waals surface area contributed by atoms with Gasteiger partial charge in [0.15, 0.2) is 0 Å². The lowest BCUT2D eigenvalue weighted by Crippen LogP contribution is -2.46. The number of thioether (sulfide) groups is 1. The van der Waals surface area contributed by atoms with Crippen LogP contribution in [0.15, 0.2) is 29.2 Å². The Kier molecular flexibility index (Phi) is 7.05. The summed E-state index contributed by atoms with van der Waals surface area (Å²) in [5.41, 5.74) is 0.783. The Labute approximate surface area is 174 Å². The maximum atomic E-state index is 12.6. The number of hydrogen-bond donors (Lipinski definition) is 0. The molecular formula is C19H22ClN3O2S2. The highest BCUT2D eigenvalue weighted by atomic mass is 35.5. The predicted molar refractivity (Wildman–Crippen MR) is 115 cm³/mol. The van der Waals surface area contributed by atoms with Crippen LogP contribution in [0.2, 0.25) is 5.02 Å². The molecule has 8 heteroatoms. The lowest BCUT2D eigenvalue weighted by Gasteiger charge is -2.31. The van der Waals surface area contributed by atoms with Crippen molar-refractivity contribution < 1.29 is 9.59 Å². The van der Waals surface area contributed by atoms with E-state index >= 15 is 0 Å². The van der Waals surface area contributed by atoms with E-state index in [1.54, 1.807) is 12.1 Å². The summed E-state index contributed by atoms with van der Waals surface area (Å²) < 4.78 is 0.491. The fourth-order valence-electron chi connectivity index (χ4n) is 3.00. The van der Waals surface area contributed by atoms with Gasteiger partial charge in [-0.15, -0.1) is 0 Å². The summed E-state index contributed by atoms with van der Waals surface area (Å²) in [6, 6.07) is 7.35. The molecule has 0 saturated carbocycles. The molecule has 27 heavy (non-hydrogen) atoms. The number of amides is 1. The van der Waals surface area contributed by atoms with Gasteiger partial charge in [0.1, 0.15) is 10.1 Å². The van der Waals surface area contributed by atoms with Crippen molar-refractivity contribution in [1.29, 1.82) is 0 Å². The van der Waals surface area contributed by atoms with Crippen LogP contribution < -0.4 is 0 Å². The second-order valence-corrected chi connectivity index (χ2v) is 8.81. The van der Waals surface area contributed by atoms with Gasteiger partial charge in [0.05, 0.1) is 11.4 Å². The molecule has 0 atom stereocenters. The molecule has 2 aliphatic heterocycles. The van der Waals surface area contributed by atoms with E-state index in [9.17, 15) is 9.59 Å². The van der Waals surface area contributed by atoms with Crippen molar-refractivity contribution >= 4 is 57.7 Å². The minimum atomic E-state index is -0.155. The molecule has 5 nitrogen and oxygen atoms in total. The molecule has 3 rings (SSSR count). The zero-order chi connectivity index (χ0) is 19.4. The third-order valence-electron chi connectivity index (χ3n) is 4.68. The number of hydrogen-bond acceptors (Lipinski definition) is 6. The smallest absolute Gasteiger partial charge is 0.266 e. The van der Waals surface area contributed by atoms with Gasteiger partial charge in [-0.3, -0.25) is 19.4 Å². The molecule has 2 saturated heterocycles. The Bertz CT molecular complexity index is 776. The first-order valence-electron chi connectivity index (χ1n) is 8.86. The van der Waals surface area contributed by atoms with Crippen LogP contribution in [0.4, 0.5) is 0 Å². The summed E-state index contributed by atoms with van der Waals surface area (Å²) >= 11 is 12.8. The number of rotatable bonds is 6. The molecule has 0 unspecified atom stereocenters. The summed E-state index contributed by atoms with van der Waals surface area (Å²) in [5.74, 6) is -0.0130. The van der Waals surface area contributed by atoms with Crippen molar-refractivity contribution in [2.75, 3.05) is 46.3 Å². The predicted octanol–water partition coefficient (Wildman–Crippen LogP) is 2.75. The largest absolute Gasteiger partial charge is 0.304 e. The standard InChI is InChI=1S/C19H22ClN3O2S2/c1-21-8-10-22(11-9-21)13-15(24)6-7-23-18(25)17(27-19(23)26)12-14-4-2-3-5-16(14)20/h2-5,12H,6-11,13H2,1H3. The van der Waals surface area contributed by atoms with E-state index in [2.05, 4.69) is 16.8 Å². The summed E-state index contributed by atoms with van der Waals surface area (Å²) in [5, 5.41) is 0.588. The summed E-state index contributed by atoms with van der Waals surface area (Å²) in [6.07, 6.45) is 2.08. The molecule has 2 aliphatic rings. The molecule has 0 bridgehead atoms. The summed E-state index contributed by atoms with van der Waals surface area (Å²) in [4.78, 5) is 31.4. The monoisotopic (exact) mass is 423 g/mol. The van der Waals surface area contributed by atoms with Crippen LogP contribution in [0.3, 0.4) is 0 Å². The minimum absolute atomic E-state index is 0.142. The van der Waals surface area contributed by atoms with Gasteiger partial charge >= 0.3 is 0 Å². The zero-order valence-electron chi connectivity index (χ0n) is 15.2. The summed E-state index contributed by atoms with van der Waals surface area (Å²) in [6.45, 7) is 4.55. The van der Waals surface area contributed by atoms with Gasteiger partial charge in [-0.1, -0.05) is 53.8 Å². The molecule has 2 fully saturated rings. The molecule has 0 radical (unpaired) electrons. The quantitative estimate of drug-likeness (QED) is 0.517. The van der Waals surface area contributed by atoms with Crippen LogP contribution in [0, 0.1) is 0 Å². The molecule has 1 amide bonds. The van der Waals surface area contributed by atoms with E-state index < -0.39 is 0 Å². The van der Waals surface area contributed by atoms with E-state index in [1.165, 1.54) is 16.7 Å². The first-order chi connectivity index (χ1) is 12.9. The van der Waals surface area contributed by atoms with Gasteiger partial charge < -0.3 is 4.90 Å². The maximum Gasteiger partial charge on any atom is 0.266 e. The number of ketones is 1. The van der Waals surface area contributed by atoms with Gasteiger partial charge in [-0.25, -0.2) is 0 Å². The molecule has 2 heterocycles. The average Bonchev–Trinajstić information content (AvgIpc) is 2.90. The highest BCUT2D eigenvalue weighted by molar-refractivity contribution is 8.26. The third kappa shape index (κ3) is 5.39. The number of nitrogens with zero attached hydrogens (tertiary/aromatic N) is 3. The van der Waals surface area contributed by atoms with Crippen molar-refractivity contribution in [2.45, 2.75) is 6.42 Å². The number of Topliss-reactive ketones (excluding diaryl/α,β-unsaturated/α-hetero) is 1. The molecule has 0 aliphatic carbocycles. The van der Waals surface area contributed by atoms with Crippen molar-refractivity contribution in [3.63, 3.8) is 0 Å². The first-order valence-corrected chi connectivity index (χ1v) is 10.5. The van der Waals surface area contributed by atoms with Crippen LogP contribution >= 0.6 is 35.6 Å². The lowest BCUT2D eigenvalue weighted by molar-refractivity contribution is -0.123. The molecule has 144 valence electrons. The minimum Gasteiger partial charge on any atom is -0.304 e. The molecule has 0 N–H and O–H groups in total. The lowest BCUT2D eigenvalue weighted by atomic mass is 10.2. The Hall–Kier alpha value is -1.25. The Balaban J connectivity index is 1.55. The van der Waals surface area contributed by atoms with E-state index in [0.29, 0.717) is 33.8 Å². The Morgan fingerprint density at radius 3 is 2.67 bits per heavy atom. The van der Waals surface area contributed by atoms with Gasteiger partial charge in [0.25, 0.3) is 5.91 Å². The van der Waals surface area contributed by atoms with Crippen LogP contribution in [-0.4, -0.2) is 77.0 Å².